The van der Waals surface area contributed by atoms with Crippen LogP contribution in [0.15, 0.2) is 109 Å². The molecule has 0 N–H and O–H groups in total. The van der Waals surface area contributed by atoms with Crippen molar-refractivity contribution in [2.24, 2.45) is 0 Å². The van der Waals surface area contributed by atoms with Gasteiger partial charge in [0.05, 0.1) is 16.1 Å². The van der Waals surface area contributed by atoms with Crippen LogP contribution in [0.1, 0.15) is 43.0 Å². The number of rotatable bonds is 9. The van der Waals surface area contributed by atoms with Crippen LogP contribution in [0, 0.1) is 26.0 Å². The number of nitrogens with zero attached hydrogens (tertiary/aromatic N) is 2. The summed E-state index contributed by atoms with van der Waals surface area (Å²) in [5.41, 5.74) is 9.52. The number of pyridine rings is 2. The Labute approximate surface area is 331 Å². The molecular formula is C46H50IrN2SSi2-2. The third kappa shape index (κ3) is 8.48. The first kappa shape index (κ1) is 39.7. The van der Waals surface area contributed by atoms with Gasteiger partial charge < -0.3 is 9.97 Å². The fraction of sp³-hybridized carbons (Fsp3) is 0.261. The minimum absolute atomic E-state index is 0. The molecule has 7 aromatic rings. The van der Waals surface area contributed by atoms with E-state index in [4.69, 9.17) is 9.97 Å². The maximum absolute atomic E-state index is 4.84. The minimum Gasteiger partial charge on any atom is -0.305 e. The normalized spacial score (nSPS) is 11.6. The van der Waals surface area contributed by atoms with Gasteiger partial charge in [-0.2, -0.15) is 11.3 Å². The summed E-state index contributed by atoms with van der Waals surface area (Å²) in [6.45, 7) is 18.4. The van der Waals surface area contributed by atoms with Crippen molar-refractivity contribution in [2.75, 3.05) is 0 Å². The maximum atomic E-state index is 4.84. The maximum Gasteiger partial charge on any atom is 0.0878 e. The molecule has 0 aliphatic rings. The van der Waals surface area contributed by atoms with E-state index < -0.39 is 16.1 Å². The molecule has 6 heteroatoms. The SMILES string of the molecule is CC[Si](CC)(CC)c1ccc(-c2[c-]cc(C)c(Cc3ccccc3)c2)nc1.Cc1c[c-]c(-c2ccc([Si](C)(C)C)cn2)c2sc3ccccc3c12.[Ir]. The van der Waals surface area contributed by atoms with Crippen LogP contribution in [-0.2, 0) is 26.5 Å². The van der Waals surface area contributed by atoms with Gasteiger partial charge in [0.2, 0.25) is 0 Å². The molecule has 0 fully saturated rings. The Kier molecular flexibility index (Phi) is 13.0. The van der Waals surface area contributed by atoms with Crippen LogP contribution in [0.3, 0.4) is 0 Å². The van der Waals surface area contributed by atoms with Gasteiger partial charge in [-0.05, 0) is 49.9 Å². The van der Waals surface area contributed by atoms with E-state index in [1.54, 1.807) is 0 Å². The molecule has 0 spiro atoms. The second-order valence-corrected chi connectivity index (χ2v) is 26.2. The fourth-order valence-corrected chi connectivity index (χ4v) is 12.9. The average molecular weight is 911 g/mol. The molecule has 4 aromatic carbocycles. The summed E-state index contributed by atoms with van der Waals surface area (Å²) in [6, 6.07) is 45.5. The van der Waals surface area contributed by atoms with E-state index in [-0.39, 0.29) is 20.1 Å². The smallest absolute Gasteiger partial charge is 0.0878 e. The molecule has 7 rings (SSSR count). The van der Waals surface area contributed by atoms with Crippen LogP contribution in [0.25, 0.3) is 42.7 Å². The van der Waals surface area contributed by atoms with Crippen LogP contribution in [0.5, 0.6) is 0 Å². The van der Waals surface area contributed by atoms with Gasteiger partial charge in [0, 0.05) is 37.2 Å². The molecule has 0 aliphatic heterocycles. The summed E-state index contributed by atoms with van der Waals surface area (Å²) in [4.78, 5) is 9.62. The molecule has 0 aliphatic carbocycles. The predicted octanol–water partition coefficient (Wildman–Crippen LogP) is 11.9. The van der Waals surface area contributed by atoms with Gasteiger partial charge in [-0.25, -0.2) is 0 Å². The Morgan fingerprint density at radius 1 is 0.673 bits per heavy atom. The minimum atomic E-state index is -1.36. The van der Waals surface area contributed by atoms with Crippen LogP contribution in [-0.4, -0.2) is 26.1 Å². The first-order valence-corrected chi connectivity index (χ1v) is 25.3. The monoisotopic (exact) mass is 911 g/mol. The molecule has 52 heavy (non-hydrogen) atoms. The van der Waals surface area contributed by atoms with Gasteiger partial charge >= 0.3 is 0 Å². The first-order valence-electron chi connectivity index (χ1n) is 18.4. The zero-order valence-electron chi connectivity index (χ0n) is 31.9. The van der Waals surface area contributed by atoms with Crippen LogP contribution in [0.4, 0.5) is 0 Å². The molecule has 0 unspecified atom stereocenters. The van der Waals surface area contributed by atoms with Crippen molar-refractivity contribution in [1.29, 1.82) is 0 Å². The van der Waals surface area contributed by atoms with Crippen molar-refractivity contribution < 1.29 is 20.1 Å². The molecule has 0 saturated carbocycles. The van der Waals surface area contributed by atoms with Crippen LogP contribution in [0.2, 0.25) is 37.8 Å². The quantitative estimate of drug-likeness (QED) is 0.107. The molecule has 3 aromatic heterocycles. The standard InChI is InChI=1S/C25H30NSi.C21H20NSSi.Ir/c1-5-27(6-2,7-3)24-15-16-25(26-19-24)22-14-13-20(4)23(18-22)17-21-11-9-8-10-12-21;1-14-9-11-16(18-12-10-15(13-22-18)24(2,3)4)21-20(14)17-7-5-6-8-19(17)23-21;/h8-13,15-16,18-19H,5-7,17H2,1-4H3;5-10,12-13H,1-4H3;/q2*-1;. The summed E-state index contributed by atoms with van der Waals surface area (Å²) >= 11 is 1.84. The van der Waals surface area contributed by atoms with E-state index in [1.807, 2.05) is 11.3 Å². The van der Waals surface area contributed by atoms with Gasteiger partial charge in [-0.3, -0.25) is 0 Å². The van der Waals surface area contributed by atoms with Crippen LogP contribution < -0.4 is 10.4 Å². The third-order valence-electron chi connectivity index (χ3n) is 10.7. The second-order valence-electron chi connectivity index (χ2n) is 14.8. The molecule has 3 heterocycles. The van der Waals surface area contributed by atoms with Gasteiger partial charge in [0.15, 0.2) is 0 Å². The fourth-order valence-electron chi connectivity index (χ4n) is 7.10. The average Bonchev–Trinajstić information content (AvgIpc) is 3.55. The van der Waals surface area contributed by atoms with Crippen molar-refractivity contribution >= 4 is 58.0 Å². The summed E-state index contributed by atoms with van der Waals surface area (Å²) < 4.78 is 2.62. The number of aryl methyl sites for hydroxylation is 2. The van der Waals surface area contributed by atoms with Gasteiger partial charge in [-0.1, -0.05) is 151 Å². The Morgan fingerprint density at radius 2 is 1.29 bits per heavy atom. The Morgan fingerprint density at radius 3 is 1.92 bits per heavy atom. The molecule has 269 valence electrons. The summed E-state index contributed by atoms with van der Waals surface area (Å²) in [6.07, 6.45) is 5.15. The molecular weight excluding hydrogens is 861 g/mol. The van der Waals surface area contributed by atoms with E-state index in [9.17, 15) is 0 Å². The van der Waals surface area contributed by atoms with Gasteiger partial charge in [0.1, 0.15) is 0 Å². The van der Waals surface area contributed by atoms with Crippen molar-refractivity contribution in [3.8, 4) is 22.5 Å². The largest absolute Gasteiger partial charge is 0.305 e. The molecule has 1 radical (unpaired) electrons. The number of aromatic nitrogens is 2. The van der Waals surface area contributed by atoms with E-state index >= 15 is 0 Å². The van der Waals surface area contributed by atoms with Crippen molar-refractivity contribution in [2.45, 2.75) is 78.8 Å². The Balaban J connectivity index is 0.000000198. The number of hydrogen-bond donors (Lipinski definition) is 0. The number of hydrogen-bond acceptors (Lipinski definition) is 3. The zero-order valence-corrected chi connectivity index (χ0v) is 37.1. The van der Waals surface area contributed by atoms with E-state index in [0.717, 1.165) is 28.9 Å². The number of benzene rings is 4. The number of fused-ring (bicyclic) bond motifs is 3. The Hall–Kier alpha value is -3.52. The molecule has 0 saturated heterocycles. The zero-order chi connectivity index (χ0) is 36.2. The third-order valence-corrected chi connectivity index (χ3v) is 19.5. The predicted molar refractivity (Wildman–Crippen MR) is 228 cm³/mol. The summed E-state index contributed by atoms with van der Waals surface area (Å²) in [7, 11) is -2.68. The molecule has 0 bridgehead atoms. The van der Waals surface area contributed by atoms with Crippen LogP contribution >= 0.6 is 11.3 Å². The van der Waals surface area contributed by atoms with Crippen molar-refractivity contribution in [3.05, 3.63) is 144 Å². The van der Waals surface area contributed by atoms with Gasteiger partial charge in [0.25, 0.3) is 0 Å². The van der Waals surface area contributed by atoms with Crippen molar-refractivity contribution in [1.82, 2.24) is 9.97 Å². The molecule has 0 amide bonds. The molecule has 2 nitrogen and oxygen atoms in total. The van der Waals surface area contributed by atoms with E-state index in [1.165, 1.54) is 70.9 Å². The summed E-state index contributed by atoms with van der Waals surface area (Å²) in [5.74, 6) is 0. The number of thiophene rings is 1. The summed E-state index contributed by atoms with van der Waals surface area (Å²) in [5, 5.41) is 5.57. The Bertz CT molecular complexity index is 2230. The van der Waals surface area contributed by atoms with E-state index in [0.29, 0.717) is 0 Å². The second kappa shape index (κ2) is 17.1. The van der Waals surface area contributed by atoms with E-state index in [2.05, 4.69) is 176 Å². The molecule has 0 atom stereocenters. The first-order chi connectivity index (χ1) is 24.6. The van der Waals surface area contributed by atoms with Gasteiger partial charge in [-0.15, -0.1) is 58.1 Å². The van der Waals surface area contributed by atoms with Crippen molar-refractivity contribution in [3.63, 3.8) is 0 Å². The topological polar surface area (TPSA) is 25.8 Å².